The smallest absolute Gasteiger partial charge is 0.407 e. The molecule has 3 atom stereocenters. The molecule has 2 aromatic rings. The molecule has 0 bridgehead atoms. The summed E-state index contributed by atoms with van der Waals surface area (Å²) in [6, 6.07) is 16.2. The van der Waals surface area contributed by atoms with Crippen LogP contribution in [0.5, 0.6) is 0 Å². The molecule has 1 heterocycles. The summed E-state index contributed by atoms with van der Waals surface area (Å²) in [5, 5.41) is 12.1. The van der Waals surface area contributed by atoms with E-state index in [-0.39, 0.29) is 30.4 Å². The van der Waals surface area contributed by atoms with E-state index in [1.807, 2.05) is 38.1 Å². The maximum Gasteiger partial charge on any atom is 0.407 e. The van der Waals surface area contributed by atoms with Crippen LogP contribution in [0.2, 0.25) is 0 Å². The molecule has 1 aliphatic carbocycles. The molecule has 0 aromatic heterocycles. The lowest BCUT2D eigenvalue weighted by Gasteiger charge is -2.35. The second-order valence-corrected chi connectivity index (χ2v) is 9.46. The lowest BCUT2D eigenvalue weighted by Crippen LogP contribution is -2.45. The highest BCUT2D eigenvalue weighted by molar-refractivity contribution is 5.79. The fourth-order valence-electron chi connectivity index (χ4n) is 5.15. The molecule has 4 rings (SSSR count). The molecular formula is C27H32N2O5. The van der Waals surface area contributed by atoms with Crippen LogP contribution >= 0.6 is 0 Å². The highest BCUT2D eigenvalue weighted by Gasteiger charge is 2.33. The highest BCUT2D eigenvalue weighted by atomic mass is 16.5. The normalized spacial score (nSPS) is 20.2. The average molecular weight is 465 g/mol. The molecule has 2 N–H and O–H groups in total. The van der Waals surface area contributed by atoms with Crippen molar-refractivity contribution >= 4 is 18.0 Å². The first-order chi connectivity index (χ1) is 16.3. The number of benzene rings is 2. The van der Waals surface area contributed by atoms with E-state index >= 15 is 0 Å². The van der Waals surface area contributed by atoms with Gasteiger partial charge < -0.3 is 20.1 Å². The van der Waals surface area contributed by atoms with Gasteiger partial charge in [-0.1, -0.05) is 55.5 Å². The van der Waals surface area contributed by atoms with E-state index in [0.717, 1.165) is 11.1 Å². The van der Waals surface area contributed by atoms with E-state index in [0.29, 0.717) is 32.4 Å². The Labute approximate surface area is 200 Å². The highest BCUT2D eigenvalue weighted by Crippen LogP contribution is 2.44. The fourth-order valence-corrected chi connectivity index (χ4v) is 5.15. The van der Waals surface area contributed by atoms with Crippen LogP contribution in [0.4, 0.5) is 4.79 Å². The summed E-state index contributed by atoms with van der Waals surface area (Å²) in [5.41, 5.74) is 4.69. The van der Waals surface area contributed by atoms with Crippen molar-refractivity contribution in [2.45, 2.75) is 45.1 Å². The summed E-state index contributed by atoms with van der Waals surface area (Å²) in [6.45, 7) is 4.91. The van der Waals surface area contributed by atoms with Gasteiger partial charge in [0.1, 0.15) is 6.61 Å². The average Bonchev–Trinajstić information content (AvgIpc) is 3.14. The van der Waals surface area contributed by atoms with Crippen molar-refractivity contribution in [3.63, 3.8) is 0 Å². The monoisotopic (exact) mass is 464 g/mol. The van der Waals surface area contributed by atoms with Gasteiger partial charge in [0.05, 0.1) is 5.92 Å². The fraction of sp³-hybridized carbons (Fsp3) is 0.444. The molecule has 1 aliphatic heterocycles. The van der Waals surface area contributed by atoms with Crippen LogP contribution in [-0.2, 0) is 14.3 Å². The Bertz CT molecular complexity index is 1020. The number of carbonyl (C=O) groups excluding carboxylic acids is 2. The summed E-state index contributed by atoms with van der Waals surface area (Å²) < 4.78 is 5.58. The number of carbonyl (C=O) groups is 3. The first-order valence-electron chi connectivity index (χ1n) is 12.0. The van der Waals surface area contributed by atoms with Gasteiger partial charge >= 0.3 is 12.1 Å². The summed E-state index contributed by atoms with van der Waals surface area (Å²) in [5.74, 6) is -1.24. The Morgan fingerprint density at radius 1 is 1.09 bits per heavy atom. The second-order valence-electron chi connectivity index (χ2n) is 9.46. The molecule has 34 heavy (non-hydrogen) atoms. The summed E-state index contributed by atoms with van der Waals surface area (Å²) in [7, 11) is 0. The van der Waals surface area contributed by atoms with Gasteiger partial charge in [-0.05, 0) is 47.9 Å². The second kappa shape index (κ2) is 10.3. The number of carboxylic acids is 1. The lowest BCUT2D eigenvalue weighted by atomic mass is 9.87. The number of rotatable bonds is 7. The topological polar surface area (TPSA) is 95.9 Å². The molecule has 0 radical (unpaired) electrons. The van der Waals surface area contributed by atoms with Gasteiger partial charge in [-0.2, -0.15) is 0 Å². The number of nitrogens with zero attached hydrogens (tertiary/aromatic N) is 1. The summed E-state index contributed by atoms with van der Waals surface area (Å²) in [6.07, 6.45) is 0.791. The Balaban J connectivity index is 1.24. The Kier molecular flexibility index (Phi) is 7.20. The van der Waals surface area contributed by atoms with Crippen LogP contribution in [-0.4, -0.2) is 53.7 Å². The third-order valence-corrected chi connectivity index (χ3v) is 7.07. The standard InChI is InChI=1S/C27H32N2O5/c1-17-15-29(14-13-19(17)26(31)32)25(30)12-11-18(2)28-27(33)34-16-24-22-9-5-3-7-20(22)21-8-4-6-10-23(21)24/h3-10,17-19,24H,11-16H2,1-2H3,(H,28,33)(H,31,32). The zero-order chi connectivity index (χ0) is 24.2. The molecule has 0 spiro atoms. The zero-order valence-electron chi connectivity index (χ0n) is 19.7. The van der Waals surface area contributed by atoms with Crippen LogP contribution < -0.4 is 5.32 Å². The van der Waals surface area contributed by atoms with E-state index < -0.39 is 18.0 Å². The SMILES string of the molecule is CC(CCC(=O)N1CCC(C(=O)O)C(C)C1)NC(=O)OCC1c2ccccc2-c2ccccc21. The van der Waals surface area contributed by atoms with Crippen LogP contribution in [0.15, 0.2) is 48.5 Å². The van der Waals surface area contributed by atoms with Crippen LogP contribution in [0.1, 0.15) is 50.2 Å². The van der Waals surface area contributed by atoms with Gasteiger partial charge in [0.25, 0.3) is 0 Å². The molecule has 3 unspecified atom stereocenters. The Hall–Kier alpha value is -3.35. The van der Waals surface area contributed by atoms with Crippen molar-refractivity contribution in [3.8, 4) is 11.1 Å². The first-order valence-corrected chi connectivity index (χ1v) is 12.0. The van der Waals surface area contributed by atoms with Gasteiger partial charge in [-0.3, -0.25) is 9.59 Å². The largest absolute Gasteiger partial charge is 0.481 e. The molecule has 180 valence electrons. The molecule has 2 aromatic carbocycles. The number of likely N-dealkylation sites (tertiary alicyclic amines) is 1. The van der Waals surface area contributed by atoms with Gasteiger partial charge in [0, 0.05) is 31.5 Å². The third kappa shape index (κ3) is 5.08. The van der Waals surface area contributed by atoms with E-state index in [2.05, 4.69) is 29.6 Å². The predicted molar refractivity (Wildman–Crippen MR) is 128 cm³/mol. The minimum Gasteiger partial charge on any atom is -0.481 e. The zero-order valence-corrected chi connectivity index (χ0v) is 19.7. The Morgan fingerprint density at radius 3 is 2.29 bits per heavy atom. The Morgan fingerprint density at radius 2 is 1.71 bits per heavy atom. The van der Waals surface area contributed by atoms with Crippen molar-refractivity contribution in [1.82, 2.24) is 10.2 Å². The maximum absolute atomic E-state index is 12.6. The summed E-state index contributed by atoms with van der Waals surface area (Å²) in [4.78, 5) is 38.0. The van der Waals surface area contributed by atoms with Gasteiger partial charge in [-0.25, -0.2) is 4.79 Å². The van der Waals surface area contributed by atoms with Crippen molar-refractivity contribution in [2.24, 2.45) is 11.8 Å². The van der Waals surface area contributed by atoms with Gasteiger partial charge in [-0.15, -0.1) is 0 Å². The molecule has 1 fully saturated rings. The van der Waals surface area contributed by atoms with E-state index in [9.17, 15) is 19.5 Å². The maximum atomic E-state index is 12.6. The lowest BCUT2D eigenvalue weighted by molar-refractivity contribution is -0.148. The number of piperidine rings is 1. The number of hydrogen-bond acceptors (Lipinski definition) is 4. The molecule has 0 saturated carbocycles. The molecule has 1 saturated heterocycles. The van der Waals surface area contributed by atoms with E-state index in [4.69, 9.17) is 4.74 Å². The van der Waals surface area contributed by atoms with Crippen LogP contribution in [0, 0.1) is 11.8 Å². The number of ether oxygens (including phenoxy) is 1. The third-order valence-electron chi connectivity index (χ3n) is 7.07. The molecule has 2 aliphatic rings. The van der Waals surface area contributed by atoms with Gasteiger partial charge in [0.2, 0.25) is 5.91 Å². The number of amides is 2. The van der Waals surface area contributed by atoms with Crippen molar-refractivity contribution in [2.75, 3.05) is 19.7 Å². The van der Waals surface area contributed by atoms with Crippen LogP contribution in [0.25, 0.3) is 11.1 Å². The predicted octanol–water partition coefficient (Wildman–Crippen LogP) is 4.26. The number of nitrogens with one attached hydrogen (secondary N) is 1. The number of hydrogen-bond donors (Lipinski definition) is 2. The molecule has 7 nitrogen and oxygen atoms in total. The van der Waals surface area contributed by atoms with E-state index in [1.165, 1.54) is 11.1 Å². The van der Waals surface area contributed by atoms with Crippen molar-refractivity contribution < 1.29 is 24.2 Å². The first kappa shape index (κ1) is 23.8. The van der Waals surface area contributed by atoms with Gasteiger partial charge in [0.15, 0.2) is 0 Å². The minimum atomic E-state index is -0.791. The van der Waals surface area contributed by atoms with Crippen molar-refractivity contribution in [3.05, 3.63) is 59.7 Å². The number of fused-ring (bicyclic) bond motifs is 3. The van der Waals surface area contributed by atoms with Crippen LogP contribution in [0.3, 0.4) is 0 Å². The van der Waals surface area contributed by atoms with Crippen molar-refractivity contribution in [1.29, 1.82) is 0 Å². The number of carboxylic acid groups (broad SMARTS) is 1. The summed E-state index contributed by atoms with van der Waals surface area (Å²) >= 11 is 0. The molecule has 7 heteroatoms. The quantitative estimate of drug-likeness (QED) is 0.638. The number of alkyl carbamates (subject to hydrolysis) is 1. The molecule has 2 amide bonds. The number of aliphatic carboxylic acids is 1. The molecular weight excluding hydrogens is 432 g/mol. The minimum absolute atomic E-state index is 0.00289. The van der Waals surface area contributed by atoms with E-state index in [1.54, 1.807) is 4.90 Å².